The van der Waals surface area contributed by atoms with Crippen LogP contribution in [0.5, 0.6) is 0 Å². The molecule has 0 aromatic rings. The zero-order valence-corrected chi connectivity index (χ0v) is 12.8. The Morgan fingerprint density at radius 3 is 2.33 bits per heavy atom. The second kappa shape index (κ2) is 3.98. The van der Waals surface area contributed by atoms with Crippen LogP contribution in [0.25, 0.3) is 0 Å². The Bertz CT molecular complexity index is 461. The molecule has 4 fully saturated rings. The Labute approximate surface area is 124 Å². The molecule has 4 saturated carbocycles. The van der Waals surface area contributed by atoms with E-state index >= 15 is 0 Å². The van der Waals surface area contributed by atoms with Crippen LogP contribution in [-0.4, -0.2) is 17.4 Å². The molecule has 0 radical (unpaired) electrons. The average Bonchev–Trinajstić information content (AvgIpc) is 3.03. The molecule has 4 rings (SSSR count). The van der Waals surface area contributed by atoms with Crippen LogP contribution in [0.2, 0.25) is 0 Å². The quantitative estimate of drug-likeness (QED) is 0.750. The lowest BCUT2D eigenvalue weighted by Gasteiger charge is -2.46. The van der Waals surface area contributed by atoms with E-state index in [2.05, 4.69) is 13.8 Å². The summed E-state index contributed by atoms with van der Waals surface area (Å²) in [6.07, 6.45) is -0.766. The topological polar surface area (TPSA) is 20.2 Å². The number of hydrogen-bond donors (Lipinski definition) is 1. The van der Waals surface area contributed by atoms with Gasteiger partial charge in [-0.2, -0.15) is 13.2 Å². The minimum absolute atomic E-state index is 0.0688. The minimum atomic E-state index is -4.45. The van der Waals surface area contributed by atoms with Gasteiger partial charge in [-0.1, -0.05) is 13.8 Å². The Kier molecular flexibility index (Phi) is 2.72. The van der Waals surface area contributed by atoms with Gasteiger partial charge in [0, 0.05) is 0 Å². The molecule has 0 aliphatic heterocycles. The molecule has 8 unspecified atom stereocenters. The van der Waals surface area contributed by atoms with Crippen molar-refractivity contribution >= 4 is 0 Å². The number of aliphatic hydroxyl groups excluding tert-OH is 1. The van der Waals surface area contributed by atoms with Gasteiger partial charge >= 0.3 is 6.18 Å². The highest BCUT2D eigenvalue weighted by atomic mass is 19.4. The van der Waals surface area contributed by atoms with Crippen LogP contribution in [0.15, 0.2) is 0 Å². The summed E-state index contributed by atoms with van der Waals surface area (Å²) < 4.78 is 37.9. The average molecular weight is 302 g/mol. The predicted molar refractivity (Wildman–Crippen MR) is 73.4 cm³/mol. The summed E-state index contributed by atoms with van der Waals surface area (Å²) in [5.41, 5.74) is 0.813. The number of halogens is 3. The highest BCUT2D eigenvalue weighted by Gasteiger charge is 2.70. The van der Waals surface area contributed by atoms with Gasteiger partial charge in [-0.3, -0.25) is 0 Å². The highest BCUT2D eigenvalue weighted by Crippen LogP contribution is 2.77. The van der Waals surface area contributed by atoms with Gasteiger partial charge < -0.3 is 5.11 Å². The first kappa shape index (κ1) is 14.3. The van der Waals surface area contributed by atoms with Crippen molar-refractivity contribution in [1.29, 1.82) is 0 Å². The molecule has 4 heteroatoms. The van der Waals surface area contributed by atoms with Crippen LogP contribution < -0.4 is 0 Å². The maximum absolute atomic E-state index is 12.6. The van der Waals surface area contributed by atoms with Crippen molar-refractivity contribution in [2.24, 2.45) is 40.4 Å². The van der Waals surface area contributed by atoms with Crippen molar-refractivity contribution in [3.8, 4) is 0 Å². The number of alkyl halides is 3. The zero-order chi connectivity index (χ0) is 15.2. The van der Waals surface area contributed by atoms with Crippen LogP contribution in [0.1, 0.15) is 52.4 Å². The molecule has 120 valence electrons. The van der Waals surface area contributed by atoms with Gasteiger partial charge in [0.15, 0.2) is 0 Å². The first-order chi connectivity index (χ1) is 9.64. The lowest BCUT2D eigenvalue weighted by atomic mass is 9.59. The highest BCUT2D eigenvalue weighted by molar-refractivity contribution is 5.19. The third-order valence-corrected chi connectivity index (χ3v) is 7.73. The summed E-state index contributed by atoms with van der Waals surface area (Å²) >= 11 is 0. The van der Waals surface area contributed by atoms with Crippen molar-refractivity contribution in [2.45, 2.75) is 64.7 Å². The van der Waals surface area contributed by atoms with E-state index in [1.165, 1.54) is 19.3 Å². The van der Waals surface area contributed by atoms with Crippen LogP contribution in [-0.2, 0) is 0 Å². The summed E-state index contributed by atoms with van der Waals surface area (Å²) in [4.78, 5) is 0. The van der Waals surface area contributed by atoms with E-state index in [0.29, 0.717) is 28.6 Å². The van der Waals surface area contributed by atoms with Crippen LogP contribution in [0.4, 0.5) is 13.2 Å². The van der Waals surface area contributed by atoms with Crippen molar-refractivity contribution in [2.75, 3.05) is 0 Å². The first-order valence-electron chi connectivity index (χ1n) is 8.39. The van der Waals surface area contributed by atoms with E-state index in [4.69, 9.17) is 0 Å². The van der Waals surface area contributed by atoms with Gasteiger partial charge in [0.05, 0.1) is 0 Å². The molecule has 1 N–H and O–H groups in total. The summed E-state index contributed by atoms with van der Waals surface area (Å²) in [5.74, 6) is 2.52. The molecule has 4 aliphatic rings. The summed E-state index contributed by atoms with van der Waals surface area (Å²) in [6.45, 7) is 4.80. The molecule has 8 atom stereocenters. The molecular formula is C17H25F3O. The maximum Gasteiger partial charge on any atom is 0.414 e. The van der Waals surface area contributed by atoms with E-state index in [1.807, 2.05) is 0 Å². The summed E-state index contributed by atoms with van der Waals surface area (Å²) in [5, 5.41) is 9.44. The lowest BCUT2D eigenvalue weighted by Crippen LogP contribution is -2.41. The molecule has 0 saturated heterocycles. The Morgan fingerprint density at radius 1 is 1.10 bits per heavy atom. The largest absolute Gasteiger partial charge is 0.414 e. The predicted octanol–water partition coefficient (Wildman–Crippen LogP) is 4.40. The summed E-state index contributed by atoms with van der Waals surface area (Å²) in [7, 11) is 0. The zero-order valence-electron chi connectivity index (χ0n) is 12.8. The Balaban J connectivity index is 1.55. The Hall–Kier alpha value is -0.250. The van der Waals surface area contributed by atoms with Gasteiger partial charge in [0.25, 0.3) is 0 Å². The minimum Gasteiger partial charge on any atom is -0.384 e. The molecular weight excluding hydrogens is 277 g/mol. The van der Waals surface area contributed by atoms with Crippen molar-refractivity contribution < 1.29 is 18.3 Å². The van der Waals surface area contributed by atoms with Crippen molar-refractivity contribution in [3.05, 3.63) is 0 Å². The van der Waals surface area contributed by atoms with Crippen LogP contribution >= 0.6 is 0 Å². The third-order valence-electron chi connectivity index (χ3n) is 7.73. The fourth-order valence-electron chi connectivity index (χ4n) is 7.38. The van der Waals surface area contributed by atoms with Gasteiger partial charge in [-0.05, 0) is 78.9 Å². The first-order valence-corrected chi connectivity index (χ1v) is 8.39. The molecule has 0 heterocycles. The number of fused-ring (bicyclic) bond motifs is 9. The van der Waals surface area contributed by atoms with E-state index in [0.717, 1.165) is 18.8 Å². The lowest BCUT2D eigenvalue weighted by molar-refractivity contribution is -0.210. The number of aliphatic hydroxyl groups is 1. The van der Waals surface area contributed by atoms with Gasteiger partial charge in [-0.15, -0.1) is 0 Å². The second-order valence-corrected chi connectivity index (χ2v) is 8.98. The SMILES string of the molecule is CC12CCC(C)(C1)C1C3CC(CC3CC(O)C(F)(F)F)C12. The third kappa shape index (κ3) is 1.80. The molecule has 4 aliphatic carbocycles. The van der Waals surface area contributed by atoms with E-state index in [1.54, 1.807) is 0 Å². The molecule has 0 amide bonds. The maximum atomic E-state index is 12.6. The fourth-order valence-corrected chi connectivity index (χ4v) is 7.38. The normalized spacial score (nSPS) is 56.0. The van der Waals surface area contributed by atoms with E-state index in [-0.39, 0.29) is 12.3 Å². The molecule has 0 spiro atoms. The van der Waals surface area contributed by atoms with Gasteiger partial charge in [0.1, 0.15) is 6.10 Å². The van der Waals surface area contributed by atoms with Crippen molar-refractivity contribution in [1.82, 2.24) is 0 Å². The molecule has 0 aromatic carbocycles. The van der Waals surface area contributed by atoms with Gasteiger partial charge in [0.2, 0.25) is 0 Å². The Morgan fingerprint density at radius 2 is 1.71 bits per heavy atom. The molecule has 21 heavy (non-hydrogen) atoms. The number of hydrogen-bond acceptors (Lipinski definition) is 1. The van der Waals surface area contributed by atoms with E-state index in [9.17, 15) is 18.3 Å². The number of rotatable bonds is 2. The standard InChI is InChI=1S/C17H25F3O/c1-15-3-4-16(2,8-15)14-11-6-10(13(14)15)5-9(11)7-12(21)17(18,19)20/h9-14,21H,3-8H2,1-2H3. The van der Waals surface area contributed by atoms with Crippen molar-refractivity contribution in [3.63, 3.8) is 0 Å². The summed E-state index contributed by atoms with van der Waals surface area (Å²) in [6, 6.07) is 0. The van der Waals surface area contributed by atoms with Gasteiger partial charge in [-0.25, -0.2) is 0 Å². The fraction of sp³-hybridized carbons (Fsp3) is 1.00. The molecule has 4 bridgehead atoms. The second-order valence-electron chi connectivity index (χ2n) is 8.98. The molecule has 0 aromatic heterocycles. The molecule has 1 nitrogen and oxygen atoms in total. The monoisotopic (exact) mass is 302 g/mol. The smallest absolute Gasteiger partial charge is 0.384 e. The van der Waals surface area contributed by atoms with E-state index < -0.39 is 12.3 Å². The van der Waals surface area contributed by atoms with Crippen LogP contribution in [0.3, 0.4) is 0 Å². The van der Waals surface area contributed by atoms with Crippen LogP contribution in [0, 0.1) is 40.4 Å².